The Bertz CT molecular complexity index is 537. The van der Waals surface area contributed by atoms with Gasteiger partial charge >= 0.3 is 0 Å². The highest BCUT2D eigenvalue weighted by molar-refractivity contribution is 9.10. The molecule has 5 nitrogen and oxygen atoms in total. The largest absolute Gasteiger partial charge is 0.378 e. The van der Waals surface area contributed by atoms with Gasteiger partial charge in [0, 0.05) is 36.8 Å². The Balaban J connectivity index is 1.66. The molecule has 0 spiro atoms. The Morgan fingerprint density at radius 2 is 2.14 bits per heavy atom. The molecular formula is C14H17BrClN3O2. The van der Waals surface area contributed by atoms with Crippen LogP contribution in [0.5, 0.6) is 0 Å². The monoisotopic (exact) mass is 373 g/mol. The third kappa shape index (κ3) is 3.33. The zero-order valence-electron chi connectivity index (χ0n) is 11.6. The van der Waals surface area contributed by atoms with Crippen molar-refractivity contribution in [2.24, 2.45) is 5.92 Å². The first-order valence-electron chi connectivity index (χ1n) is 7.07. The van der Waals surface area contributed by atoms with Crippen molar-refractivity contribution in [2.45, 2.75) is 6.42 Å². The first-order valence-corrected chi connectivity index (χ1v) is 8.25. The highest BCUT2D eigenvalue weighted by atomic mass is 79.9. The first kappa shape index (κ1) is 15.1. The lowest BCUT2D eigenvalue weighted by atomic mass is 10.1. The summed E-state index contributed by atoms with van der Waals surface area (Å²) >= 11 is 9.59. The summed E-state index contributed by atoms with van der Waals surface area (Å²) in [6, 6.07) is 1.83. The molecule has 2 saturated heterocycles. The SMILES string of the molecule is O=C(C1CCN(c2ncc(Br)cc2Cl)C1)N1CCOCC1. The lowest BCUT2D eigenvalue weighted by Crippen LogP contribution is -2.44. The van der Waals surface area contributed by atoms with E-state index in [9.17, 15) is 4.79 Å². The molecule has 0 N–H and O–H groups in total. The van der Waals surface area contributed by atoms with Crippen LogP contribution in [0, 0.1) is 5.92 Å². The second-order valence-corrected chi connectivity index (χ2v) is 6.65. The number of pyridine rings is 1. The van der Waals surface area contributed by atoms with Crippen LogP contribution in [-0.4, -0.2) is 55.2 Å². The Labute approximate surface area is 137 Å². The van der Waals surface area contributed by atoms with Crippen LogP contribution in [0.1, 0.15) is 6.42 Å². The number of morpholine rings is 1. The van der Waals surface area contributed by atoms with Gasteiger partial charge in [0.2, 0.25) is 5.91 Å². The van der Waals surface area contributed by atoms with E-state index in [0.717, 1.165) is 23.3 Å². The van der Waals surface area contributed by atoms with E-state index in [1.165, 1.54) is 0 Å². The molecule has 114 valence electrons. The molecule has 1 atom stereocenters. The van der Waals surface area contributed by atoms with E-state index in [1.807, 2.05) is 11.0 Å². The highest BCUT2D eigenvalue weighted by Crippen LogP contribution is 2.30. The molecule has 2 aliphatic heterocycles. The molecule has 0 saturated carbocycles. The van der Waals surface area contributed by atoms with E-state index >= 15 is 0 Å². The minimum Gasteiger partial charge on any atom is -0.378 e. The molecule has 3 heterocycles. The van der Waals surface area contributed by atoms with Crippen LogP contribution in [0.25, 0.3) is 0 Å². The lowest BCUT2D eigenvalue weighted by molar-refractivity contribution is -0.138. The van der Waals surface area contributed by atoms with Crippen molar-refractivity contribution in [3.05, 3.63) is 21.8 Å². The molecule has 7 heteroatoms. The predicted octanol–water partition coefficient (Wildman–Crippen LogP) is 2.18. The Hall–Kier alpha value is -0.850. The summed E-state index contributed by atoms with van der Waals surface area (Å²) in [7, 11) is 0. The van der Waals surface area contributed by atoms with Gasteiger partial charge in [0.15, 0.2) is 0 Å². The number of halogens is 2. The van der Waals surface area contributed by atoms with Gasteiger partial charge in [0.05, 0.1) is 24.2 Å². The standard InChI is InChI=1S/C14H17BrClN3O2/c15-11-7-12(16)13(17-8-11)19-2-1-10(9-19)14(20)18-3-5-21-6-4-18/h7-8,10H,1-6,9H2. The molecule has 21 heavy (non-hydrogen) atoms. The van der Waals surface area contributed by atoms with E-state index in [-0.39, 0.29) is 11.8 Å². The minimum atomic E-state index is 0.0320. The van der Waals surface area contributed by atoms with Crippen molar-refractivity contribution in [1.82, 2.24) is 9.88 Å². The second-order valence-electron chi connectivity index (χ2n) is 5.33. The third-order valence-corrected chi connectivity index (χ3v) is 4.66. The summed E-state index contributed by atoms with van der Waals surface area (Å²) in [5.41, 5.74) is 0. The molecule has 0 aromatic carbocycles. The number of hydrogen-bond donors (Lipinski definition) is 0. The molecule has 0 aliphatic carbocycles. The Kier molecular flexibility index (Phi) is 4.66. The van der Waals surface area contributed by atoms with Crippen LogP contribution < -0.4 is 4.90 Å². The molecule has 1 aromatic heterocycles. The van der Waals surface area contributed by atoms with Crippen LogP contribution in [0.2, 0.25) is 5.02 Å². The number of carbonyl (C=O) groups is 1. The fourth-order valence-corrected chi connectivity index (χ4v) is 3.59. The highest BCUT2D eigenvalue weighted by Gasteiger charge is 2.33. The number of rotatable bonds is 2. The van der Waals surface area contributed by atoms with Gasteiger partial charge in [-0.2, -0.15) is 0 Å². The molecule has 1 aromatic rings. The molecule has 0 radical (unpaired) electrons. The maximum Gasteiger partial charge on any atom is 0.227 e. The predicted molar refractivity (Wildman–Crippen MR) is 84.7 cm³/mol. The number of anilines is 1. The smallest absolute Gasteiger partial charge is 0.227 e. The van der Waals surface area contributed by atoms with Gasteiger partial charge in [-0.3, -0.25) is 4.79 Å². The average Bonchev–Trinajstić information content (AvgIpc) is 2.97. The maximum atomic E-state index is 12.5. The van der Waals surface area contributed by atoms with E-state index in [1.54, 1.807) is 6.20 Å². The van der Waals surface area contributed by atoms with Gasteiger partial charge in [-0.1, -0.05) is 11.6 Å². The summed E-state index contributed by atoms with van der Waals surface area (Å²) in [6.07, 6.45) is 2.59. The number of aromatic nitrogens is 1. The van der Waals surface area contributed by atoms with Crippen LogP contribution in [0.4, 0.5) is 5.82 Å². The van der Waals surface area contributed by atoms with Gasteiger partial charge in [-0.05, 0) is 28.4 Å². The van der Waals surface area contributed by atoms with Gasteiger partial charge in [-0.15, -0.1) is 0 Å². The van der Waals surface area contributed by atoms with Gasteiger partial charge in [-0.25, -0.2) is 4.98 Å². The van der Waals surface area contributed by atoms with Crippen molar-refractivity contribution in [1.29, 1.82) is 0 Å². The van der Waals surface area contributed by atoms with Gasteiger partial charge in [0.1, 0.15) is 5.82 Å². The quantitative estimate of drug-likeness (QED) is 0.796. The summed E-state index contributed by atoms with van der Waals surface area (Å²) in [6.45, 7) is 4.18. The molecule has 2 aliphatic rings. The molecule has 2 fully saturated rings. The number of amides is 1. The fourth-order valence-electron chi connectivity index (χ4n) is 2.84. The van der Waals surface area contributed by atoms with Gasteiger partial charge < -0.3 is 14.5 Å². The number of hydrogen-bond acceptors (Lipinski definition) is 4. The molecule has 3 rings (SSSR count). The van der Waals surface area contributed by atoms with Crippen molar-refractivity contribution in [3.63, 3.8) is 0 Å². The lowest BCUT2D eigenvalue weighted by Gasteiger charge is -2.29. The third-order valence-electron chi connectivity index (χ3n) is 3.95. The first-order chi connectivity index (χ1) is 10.1. The van der Waals surface area contributed by atoms with Crippen molar-refractivity contribution < 1.29 is 9.53 Å². The van der Waals surface area contributed by atoms with Crippen molar-refractivity contribution in [3.8, 4) is 0 Å². The van der Waals surface area contributed by atoms with Crippen molar-refractivity contribution in [2.75, 3.05) is 44.3 Å². The summed E-state index contributed by atoms with van der Waals surface area (Å²) in [4.78, 5) is 20.9. The molecule has 0 bridgehead atoms. The summed E-state index contributed by atoms with van der Waals surface area (Å²) < 4.78 is 6.15. The van der Waals surface area contributed by atoms with Gasteiger partial charge in [0.25, 0.3) is 0 Å². The summed E-state index contributed by atoms with van der Waals surface area (Å²) in [5.74, 6) is 1.02. The van der Waals surface area contributed by atoms with Crippen molar-refractivity contribution >= 4 is 39.3 Å². The van der Waals surface area contributed by atoms with E-state index in [4.69, 9.17) is 16.3 Å². The topological polar surface area (TPSA) is 45.7 Å². The minimum absolute atomic E-state index is 0.0320. The average molecular weight is 375 g/mol. The van der Waals surface area contributed by atoms with E-state index in [2.05, 4.69) is 25.8 Å². The fraction of sp³-hybridized carbons (Fsp3) is 0.571. The zero-order valence-corrected chi connectivity index (χ0v) is 13.9. The zero-order chi connectivity index (χ0) is 14.8. The van der Waals surface area contributed by atoms with Crippen LogP contribution in [0.15, 0.2) is 16.7 Å². The second kappa shape index (κ2) is 6.50. The molecule has 1 amide bonds. The number of carbonyl (C=O) groups excluding carboxylic acids is 1. The summed E-state index contributed by atoms with van der Waals surface area (Å²) in [5, 5.41) is 0.615. The Morgan fingerprint density at radius 1 is 1.38 bits per heavy atom. The number of nitrogens with zero attached hydrogens (tertiary/aromatic N) is 3. The van der Waals surface area contributed by atoms with E-state index in [0.29, 0.717) is 37.9 Å². The normalized spacial score (nSPS) is 22.7. The Morgan fingerprint density at radius 3 is 2.86 bits per heavy atom. The van der Waals surface area contributed by atoms with Crippen LogP contribution in [0.3, 0.4) is 0 Å². The van der Waals surface area contributed by atoms with Crippen LogP contribution >= 0.6 is 27.5 Å². The van der Waals surface area contributed by atoms with E-state index < -0.39 is 0 Å². The van der Waals surface area contributed by atoms with Crippen LogP contribution in [-0.2, 0) is 9.53 Å². The molecular weight excluding hydrogens is 358 g/mol. The molecule has 1 unspecified atom stereocenters. The maximum absolute atomic E-state index is 12.5. The number of ether oxygens (including phenoxy) is 1.